The smallest absolute Gasteiger partial charge is 0.142 e. The van der Waals surface area contributed by atoms with Crippen LogP contribution in [0.4, 0.5) is 0 Å². The number of ether oxygens (including phenoxy) is 1. The average Bonchev–Trinajstić information content (AvgIpc) is 2.39. The number of nitrogens with one attached hydrogen (secondary N) is 1. The summed E-state index contributed by atoms with van der Waals surface area (Å²) >= 11 is 0. The van der Waals surface area contributed by atoms with Crippen LogP contribution in [0.5, 0.6) is 0 Å². The van der Waals surface area contributed by atoms with Gasteiger partial charge >= 0.3 is 0 Å². The molecule has 0 saturated heterocycles. The molecule has 1 N–H and O–H groups in total. The molecule has 66 valence electrons. The van der Waals surface area contributed by atoms with E-state index in [1.807, 2.05) is 36.7 Å². The largest absolute Gasteiger partial charge is 0.495 e. The number of benzene rings is 1. The topological polar surface area (TPSA) is 21.3 Å². The van der Waals surface area contributed by atoms with Crippen molar-refractivity contribution >= 4 is 11.8 Å². The Bertz CT molecular complexity index is 366. The predicted octanol–water partition coefficient (Wildman–Crippen LogP) is 2.21. The molecule has 1 aliphatic rings. The second-order valence-electron chi connectivity index (χ2n) is 2.80. The zero-order valence-corrected chi connectivity index (χ0v) is 7.45. The molecule has 0 amide bonds. The molecule has 0 bridgehead atoms. The van der Waals surface area contributed by atoms with Crippen LogP contribution in [-0.2, 0) is 4.74 Å². The lowest BCUT2D eigenvalue weighted by Crippen LogP contribution is -1.94. The van der Waals surface area contributed by atoms with Crippen LogP contribution in [0.25, 0.3) is 11.8 Å². The van der Waals surface area contributed by atoms with Crippen LogP contribution in [0, 0.1) is 0 Å². The normalized spacial score (nSPS) is 13.8. The SMILES string of the molecule is COC1=CNC=Cc2ccccc21. The molecule has 13 heavy (non-hydrogen) atoms. The summed E-state index contributed by atoms with van der Waals surface area (Å²) in [7, 11) is 1.68. The standard InChI is InChI=1S/C11H11NO/c1-13-11-8-12-7-6-9-4-2-3-5-10(9)11/h2-8,12H,1H3. The summed E-state index contributed by atoms with van der Waals surface area (Å²) in [5.74, 6) is 0.862. The first kappa shape index (κ1) is 7.92. The quantitative estimate of drug-likeness (QED) is 0.703. The Morgan fingerprint density at radius 1 is 1.23 bits per heavy atom. The highest BCUT2D eigenvalue weighted by atomic mass is 16.5. The summed E-state index contributed by atoms with van der Waals surface area (Å²) in [6, 6.07) is 8.13. The molecule has 2 heteroatoms. The first-order valence-corrected chi connectivity index (χ1v) is 4.18. The Morgan fingerprint density at radius 3 is 2.92 bits per heavy atom. The van der Waals surface area contributed by atoms with Crippen LogP contribution in [-0.4, -0.2) is 7.11 Å². The number of fused-ring (bicyclic) bond motifs is 1. The van der Waals surface area contributed by atoms with Gasteiger partial charge in [-0.05, 0) is 11.6 Å². The maximum Gasteiger partial charge on any atom is 0.142 e. The van der Waals surface area contributed by atoms with E-state index in [0.717, 1.165) is 11.3 Å². The fourth-order valence-corrected chi connectivity index (χ4v) is 1.38. The Kier molecular flexibility index (Phi) is 2.04. The first-order valence-electron chi connectivity index (χ1n) is 4.18. The van der Waals surface area contributed by atoms with Gasteiger partial charge in [-0.3, -0.25) is 0 Å². The van der Waals surface area contributed by atoms with Crippen molar-refractivity contribution in [3.05, 3.63) is 47.8 Å². The maximum atomic E-state index is 5.26. The molecule has 0 saturated carbocycles. The minimum Gasteiger partial charge on any atom is -0.495 e. The van der Waals surface area contributed by atoms with Crippen molar-refractivity contribution in [3.63, 3.8) is 0 Å². The number of rotatable bonds is 1. The molecule has 0 atom stereocenters. The third-order valence-electron chi connectivity index (χ3n) is 2.02. The average molecular weight is 173 g/mol. The molecule has 0 radical (unpaired) electrons. The number of hydrogen-bond donors (Lipinski definition) is 1. The van der Waals surface area contributed by atoms with E-state index in [-0.39, 0.29) is 0 Å². The molecule has 1 aliphatic heterocycles. The molecule has 0 aromatic heterocycles. The van der Waals surface area contributed by atoms with Crippen molar-refractivity contribution in [1.29, 1.82) is 0 Å². The highest BCUT2D eigenvalue weighted by molar-refractivity contribution is 5.72. The fraction of sp³-hybridized carbons (Fsp3) is 0.0909. The monoisotopic (exact) mass is 173 g/mol. The van der Waals surface area contributed by atoms with Gasteiger partial charge in [-0.15, -0.1) is 0 Å². The summed E-state index contributed by atoms with van der Waals surface area (Å²) < 4.78 is 5.26. The van der Waals surface area contributed by atoms with Crippen molar-refractivity contribution in [3.8, 4) is 0 Å². The van der Waals surface area contributed by atoms with E-state index >= 15 is 0 Å². The Morgan fingerprint density at radius 2 is 2.08 bits per heavy atom. The van der Waals surface area contributed by atoms with E-state index in [1.165, 1.54) is 5.56 Å². The molecule has 1 aromatic rings. The van der Waals surface area contributed by atoms with Crippen LogP contribution in [0.3, 0.4) is 0 Å². The third kappa shape index (κ3) is 1.43. The van der Waals surface area contributed by atoms with Gasteiger partial charge < -0.3 is 10.1 Å². The zero-order chi connectivity index (χ0) is 9.10. The van der Waals surface area contributed by atoms with Gasteiger partial charge in [0.1, 0.15) is 5.76 Å². The summed E-state index contributed by atoms with van der Waals surface area (Å²) in [4.78, 5) is 0. The van der Waals surface area contributed by atoms with Crippen molar-refractivity contribution in [1.82, 2.24) is 5.32 Å². The van der Waals surface area contributed by atoms with Gasteiger partial charge in [0.15, 0.2) is 0 Å². The van der Waals surface area contributed by atoms with Crippen LogP contribution in [0.2, 0.25) is 0 Å². The van der Waals surface area contributed by atoms with Gasteiger partial charge in [0.25, 0.3) is 0 Å². The minimum atomic E-state index is 0.862. The van der Waals surface area contributed by atoms with E-state index in [4.69, 9.17) is 4.74 Å². The maximum absolute atomic E-state index is 5.26. The van der Waals surface area contributed by atoms with Gasteiger partial charge in [-0.1, -0.05) is 24.3 Å². The van der Waals surface area contributed by atoms with E-state index in [9.17, 15) is 0 Å². The second-order valence-corrected chi connectivity index (χ2v) is 2.80. The molecule has 1 heterocycles. The molecule has 0 unspecified atom stereocenters. The lowest BCUT2D eigenvalue weighted by Gasteiger charge is -2.06. The van der Waals surface area contributed by atoms with Crippen molar-refractivity contribution in [2.75, 3.05) is 7.11 Å². The van der Waals surface area contributed by atoms with Gasteiger partial charge in [0.05, 0.1) is 7.11 Å². The third-order valence-corrected chi connectivity index (χ3v) is 2.02. The van der Waals surface area contributed by atoms with Crippen LogP contribution in [0.15, 0.2) is 36.7 Å². The van der Waals surface area contributed by atoms with Gasteiger partial charge in [0.2, 0.25) is 0 Å². The number of methoxy groups -OCH3 is 1. The molecule has 0 aliphatic carbocycles. The summed E-state index contributed by atoms with van der Waals surface area (Å²) in [5, 5.41) is 3.03. The predicted molar refractivity (Wildman–Crippen MR) is 53.6 cm³/mol. The minimum absolute atomic E-state index is 0.862. The van der Waals surface area contributed by atoms with E-state index in [2.05, 4.69) is 11.4 Å². The first-order chi connectivity index (χ1) is 6.42. The van der Waals surface area contributed by atoms with Crippen LogP contribution in [0.1, 0.15) is 11.1 Å². The Balaban J connectivity index is 2.55. The van der Waals surface area contributed by atoms with Crippen LogP contribution < -0.4 is 5.32 Å². The van der Waals surface area contributed by atoms with E-state index in [0.29, 0.717) is 0 Å². The van der Waals surface area contributed by atoms with Crippen molar-refractivity contribution in [2.45, 2.75) is 0 Å². The molecule has 2 rings (SSSR count). The Labute approximate surface area is 77.5 Å². The molecule has 1 aromatic carbocycles. The highest BCUT2D eigenvalue weighted by Crippen LogP contribution is 2.21. The number of hydrogen-bond acceptors (Lipinski definition) is 2. The Hall–Kier alpha value is -1.70. The second kappa shape index (κ2) is 3.35. The van der Waals surface area contributed by atoms with Gasteiger partial charge in [0, 0.05) is 18.0 Å². The van der Waals surface area contributed by atoms with E-state index in [1.54, 1.807) is 7.11 Å². The molecular formula is C11H11NO. The molecule has 0 spiro atoms. The fourth-order valence-electron chi connectivity index (χ4n) is 1.38. The van der Waals surface area contributed by atoms with Gasteiger partial charge in [-0.25, -0.2) is 0 Å². The lowest BCUT2D eigenvalue weighted by atomic mass is 10.1. The van der Waals surface area contributed by atoms with E-state index < -0.39 is 0 Å². The lowest BCUT2D eigenvalue weighted by molar-refractivity contribution is 0.368. The van der Waals surface area contributed by atoms with Crippen molar-refractivity contribution in [2.24, 2.45) is 0 Å². The summed E-state index contributed by atoms with van der Waals surface area (Å²) in [6.07, 6.45) is 5.77. The van der Waals surface area contributed by atoms with Gasteiger partial charge in [-0.2, -0.15) is 0 Å². The summed E-state index contributed by atoms with van der Waals surface area (Å²) in [6.45, 7) is 0. The molecular weight excluding hydrogens is 162 g/mol. The summed E-state index contributed by atoms with van der Waals surface area (Å²) in [5.41, 5.74) is 2.28. The molecule has 2 nitrogen and oxygen atoms in total. The molecule has 0 fully saturated rings. The highest BCUT2D eigenvalue weighted by Gasteiger charge is 2.06. The van der Waals surface area contributed by atoms with Crippen LogP contribution >= 0.6 is 0 Å². The zero-order valence-electron chi connectivity index (χ0n) is 7.45. The van der Waals surface area contributed by atoms with Crippen molar-refractivity contribution < 1.29 is 4.74 Å².